The zero-order valence-electron chi connectivity index (χ0n) is 16.7. The maximum Gasteiger partial charge on any atom is 0.251 e. The molecule has 0 aromatic heterocycles. The fourth-order valence-electron chi connectivity index (χ4n) is 3.73. The lowest BCUT2D eigenvalue weighted by Crippen LogP contribution is -2.52. The van der Waals surface area contributed by atoms with E-state index in [1.165, 1.54) is 5.56 Å². The van der Waals surface area contributed by atoms with Crippen LogP contribution < -0.4 is 5.32 Å². The van der Waals surface area contributed by atoms with Crippen LogP contribution in [0.5, 0.6) is 0 Å². The molecule has 0 aliphatic carbocycles. The Labute approximate surface area is 193 Å². The molecule has 1 heterocycles. The summed E-state index contributed by atoms with van der Waals surface area (Å²) in [6.45, 7) is 5.32. The summed E-state index contributed by atoms with van der Waals surface area (Å²) in [5.41, 5.74) is 1.81. The van der Waals surface area contributed by atoms with E-state index in [1.54, 1.807) is 12.1 Å². The summed E-state index contributed by atoms with van der Waals surface area (Å²) in [6.07, 6.45) is 1.83. The molecule has 0 bridgehead atoms. The SMILES string of the molecule is C.CC(C)[C@@H](NC(=O)c1cccc(Br)c1)C(=O)N1CCC(c2ccc(Cl)cc2)CC1. The standard InChI is InChI=1S/C23H26BrClN2O2.CH4/c1-15(2)21(26-22(28)18-4-3-5-19(24)14-18)23(29)27-12-10-17(11-13-27)16-6-8-20(25)9-7-16;/h3-9,14-15,17,21H,10-13H2,1-2H3,(H,26,28);1H4/t21-;/m1./s1. The maximum atomic E-state index is 13.1. The summed E-state index contributed by atoms with van der Waals surface area (Å²) in [5, 5.41) is 3.68. The van der Waals surface area contributed by atoms with Gasteiger partial charge in [0.2, 0.25) is 5.91 Å². The molecule has 0 spiro atoms. The molecule has 2 aromatic rings. The second kappa shape index (κ2) is 11.0. The molecular weight excluding hydrogens is 464 g/mol. The van der Waals surface area contributed by atoms with E-state index < -0.39 is 6.04 Å². The van der Waals surface area contributed by atoms with Crippen LogP contribution in [0.3, 0.4) is 0 Å². The van der Waals surface area contributed by atoms with Gasteiger partial charge in [-0.25, -0.2) is 0 Å². The van der Waals surface area contributed by atoms with Crippen LogP contribution in [0.15, 0.2) is 53.0 Å². The number of benzene rings is 2. The number of halogens is 2. The quantitative estimate of drug-likeness (QED) is 0.564. The molecule has 0 unspecified atom stereocenters. The Hall–Kier alpha value is -1.85. The van der Waals surface area contributed by atoms with Crippen LogP contribution >= 0.6 is 27.5 Å². The monoisotopic (exact) mass is 492 g/mol. The van der Waals surface area contributed by atoms with Gasteiger partial charge in [-0.15, -0.1) is 0 Å². The van der Waals surface area contributed by atoms with Gasteiger partial charge in [0.1, 0.15) is 6.04 Å². The van der Waals surface area contributed by atoms with Crippen LogP contribution in [0.25, 0.3) is 0 Å². The summed E-state index contributed by atoms with van der Waals surface area (Å²) < 4.78 is 0.835. The minimum atomic E-state index is -0.534. The third kappa shape index (κ3) is 6.08. The van der Waals surface area contributed by atoms with E-state index in [0.29, 0.717) is 24.6 Å². The van der Waals surface area contributed by atoms with E-state index in [0.717, 1.165) is 22.3 Å². The molecule has 2 aromatic carbocycles. The van der Waals surface area contributed by atoms with Crippen molar-refractivity contribution >= 4 is 39.3 Å². The number of likely N-dealkylation sites (tertiary alicyclic amines) is 1. The highest BCUT2D eigenvalue weighted by Gasteiger charge is 2.31. The first-order valence-electron chi connectivity index (χ1n) is 9.96. The smallest absolute Gasteiger partial charge is 0.251 e. The van der Waals surface area contributed by atoms with Gasteiger partial charge < -0.3 is 10.2 Å². The summed E-state index contributed by atoms with van der Waals surface area (Å²) in [4.78, 5) is 27.7. The molecule has 1 N–H and O–H groups in total. The number of nitrogens with one attached hydrogen (secondary N) is 1. The van der Waals surface area contributed by atoms with E-state index in [1.807, 2.05) is 43.0 Å². The molecule has 162 valence electrons. The minimum Gasteiger partial charge on any atom is -0.341 e. The van der Waals surface area contributed by atoms with Crippen LogP contribution in [-0.2, 0) is 4.79 Å². The highest BCUT2D eigenvalue weighted by atomic mass is 79.9. The Morgan fingerprint density at radius 1 is 1.10 bits per heavy atom. The zero-order valence-corrected chi connectivity index (χ0v) is 19.0. The van der Waals surface area contributed by atoms with E-state index in [-0.39, 0.29) is 25.2 Å². The van der Waals surface area contributed by atoms with Gasteiger partial charge in [-0.3, -0.25) is 9.59 Å². The van der Waals surface area contributed by atoms with Gasteiger partial charge in [0, 0.05) is 28.1 Å². The van der Waals surface area contributed by atoms with E-state index in [4.69, 9.17) is 11.6 Å². The Bertz CT molecular complexity index is 862. The van der Waals surface area contributed by atoms with Gasteiger partial charge >= 0.3 is 0 Å². The second-order valence-corrected chi connectivity index (χ2v) is 9.21. The van der Waals surface area contributed by atoms with Crippen molar-refractivity contribution in [1.82, 2.24) is 10.2 Å². The van der Waals surface area contributed by atoms with E-state index in [2.05, 4.69) is 33.4 Å². The summed E-state index contributed by atoms with van der Waals surface area (Å²) in [6, 6.07) is 14.6. The van der Waals surface area contributed by atoms with Crippen molar-refractivity contribution in [2.75, 3.05) is 13.1 Å². The summed E-state index contributed by atoms with van der Waals surface area (Å²) in [7, 11) is 0. The summed E-state index contributed by atoms with van der Waals surface area (Å²) in [5.74, 6) is 0.213. The van der Waals surface area contributed by atoms with Crippen LogP contribution in [0.4, 0.5) is 0 Å². The highest BCUT2D eigenvalue weighted by molar-refractivity contribution is 9.10. The first-order chi connectivity index (χ1) is 13.8. The molecule has 1 fully saturated rings. The molecule has 30 heavy (non-hydrogen) atoms. The average Bonchev–Trinajstić information content (AvgIpc) is 2.72. The lowest BCUT2D eigenvalue weighted by molar-refractivity contribution is -0.135. The predicted octanol–water partition coefficient (Wildman–Crippen LogP) is 5.90. The molecule has 1 aliphatic rings. The van der Waals surface area contributed by atoms with Crippen LogP contribution in [-0.4, -0.2) is 35.8 Å². The highest BCUT2D eigenvalue weighted by Crippen LogP contribution is 2.29. The Morgan fingerprint density at radius 2 is 1.73 bits per heavy atom. The maximum absolute atomic E-state index is 13.1. The van der Waals surface area contributed by atoms with Crippen molar-refractivity contribution in [3.8, 4) is 0 Å². The molecule has 4 nitrogen and oxygen atoms in total. The van der Waals surface area contributed by atoms with Gasteiger partial charge in [-0.05, 0) is 60.6 Å². The molecule has 0 radical (unpaired) electrons. The average molecular weight is 494 g/mol. The molecule has 0 saturated carbocycles. The third-order valence-corrected chi connectivity index (χ3v) is 6.20. The van der Waals surface area contributed by atoms with Crippen molar-refractivity contribution in [3.05, 3.63) is 69.2 Å². The normalized spacial score (nSPS) is 15.4. The fraction of sp³-hybridized carbons (Fsp3) is 0.417. The Balaban J connectivity index is 0.00000320. The predicted molar refractivity (Wildman–Crippen MR) is 127 cm³/mol. The molecule has 6 heteroatoms. The lowest BCUT2D eigenvalue weighted by Gasteiger charge is -2.35. The minimum absolute atomic E-state index is 0. The number of carbonyl (C=O) groups excluding carboxylic acids is 2. The number of piperidine rings is 1. The van der Waals surface area contributed by atoms with Crippen molar-refractivity contribution in [1.29, 1.82) is 0 Å². The van der Waals surface area contributed by atoms with Gasteiger partial charge in [-0.1, -0.05) is 67.0 Å². The third-order valence-electron chi connectivity index (χ3n) is 5.45. The Kier molecular flexibility index (Phi) is 8.92. The van der Waals surface area contributed by atoms with Crippen molar-refractivity contribution in [2.45, 2.75) is 46.1 Å². The molecule has 1 saturated heterocycles. The molecular formula is C24H30BrClN2O2. The van der Waals surface area contributed by atoms with Crippen molar-refractivity contribution in [2.24, 2.45) is 5.92 Å². The van der Waals surface area contributed by atoms with Crippen molar-refractivity contribution in [3.63, 3.8) is 0 Å². The number of amides is 2. The molecule has 2 amide bonds. The number of nitrogens with zero attached hydrogens (tertiary/aromatic N) is 1. The van der Waals surface area contributed by atoms with Crippen molar-refractivity contribution < 1.29 is 9.59 Å². The summed E-state index contributed by atoms with van der Waals surface area (Å²) >= 11 is 9.37. The first kappa shape index (κ1) is 24.4. The van der Waals surface area contributed by atoms with Gasteiger partial charge in [0.05, 0.1) is 0 Å². The van der Waals surface area contributed by atoms with Gasteiger partial charge in [-0.2, -0.15) is 0 Å². The molecule has 3 rings (SSSR count). The van der Waals surface area contributed by atoms with Crippen LogP contribution in [0.1, 0.15) is 56.0 Å². The van der Waals surface area contributed by atoms with Gasteiger partial charge in [0.15, 0.2) is 0 Å². The fourth-order valence-corrected chi connectivity index (χ4v) is 4.26. The number of hydrogen-bond acceptors (Lipinski definition) is 2. The first-order valence-corrected chi connectivity index (χ1v) is 11.1. The van der Waals surface area contributed by atoms with E-state index in [9.17, 15) is 9.59 Å². The number of carbonyl (C=O) groups is 2. The van der Waals surface area contributed by atoms with Crippen LogP contribution in [0, 0.1) is 5.92 Å². The zero-order chi connectivity index (χ0) is 21.0. The largest absolute Gasteiger partial charge is 0.341 e. The molecule has 1 aliphatic heterocycles. The topological polar surface area (TPSA) is 49.4 Å². The van der Waals surface area contributed by atoms with E-state index >= 15 is 0 Å². The van der Waals surface area contributed by atoms with Gasteiger partial charge in [0.25, 0.3) is 5.91 Å². The number of rotatable bonds is 5. The van der Waals surface area contributed by atoms with Crippen LogP contribution in [0.2, 0.25) is 5.02 Å². The number of hydrogen-bond donors (Lipinski definition) is 1. The lowest BCUT2D eigenvalue weighted by atomic mass is 9.89. The molecule has 1 atom stereocenters. The second-order valence-electron chi connectivity index (χ2n) is 7.86. The Morgan fingerprint density at radius 3 is 2.30 bits per heavy atom.